The molecular weight excluding hydrogens is 285 g/mol. The van der Waals surface area contributed by atoms with Crippen molar-refractivity contribution in [2.24, 2.45) is 4.99 Å². The van der Waals surface area contributed by atoms with E-state index in [4.69, 9.17) is 4.18 Å². The van der Waals surface area contributed by atoms with E-state index in [0.29, 0.717) is 24.5 Å². The Balaban J connectivity index is 0. The maximum Gasteiger partial charge on any atom is 1.00 e. The van der Waals surface area contributed by atoms with Crippen molar-refractivity contribution >= 4 is 51.5 Å². The van der Waals surface area contributed by atoms with Gasteiger partial charge >= 0.3 is 39.7 Å². The number of hydrogen-bond donors (Lipinski definition) is 2. The summed E-state index contributed by atoms with van der Waals surface area (Å²) in [6, 6.07) is 0. The number of thiol groups is 2. The Hall–Kier alpha value is 1.63. The van der Waals surface area contributed by atoms with Crippen LogP contribution in [-0.4, -0.2) is 36.3 Å². The average Bonchev–Trinajstić information content (AvgIpc) is 2.54. The zero-order valence-corrected chi connectivity index (χ0v) is 13.7. The van der Waals surface area contributed by atoms with Gasteiger partial charge in [0.25, 0.3) is 0 Å². The number of nitrogens with zero attached hydrogens (tertiary/aromatic N) is 1. The minimum absolute atomic E-state index is 0. The predicted octanol–water partition coefficient (Wildman–Crippen LogP) is -1.87. The molecule has 0 saturated heterocycles. The molecule has 0 aliphatic carbocycles. The molecule has 1 rings (SSSR count). The molecule has 9 heteroatoms. The van der Waals surface area contributed by atoms with Crippen LogP contribution in [-0.2, 0) is 14.3 Å². The molecule has 0 bridgehead atoms. The molecule has 0 amide bonds. The molecule has 1 heterocycles. The van der Waals surface area contributed by atoms with Gasteiger partial charge in [0, 0.05) is 5.75 Å². The summed E-state index contributed by atoms with van der Waals surface area (Å²) in [4.78, 5) is 3.83. The molecule has 0 N–H and O–H groups in total. The van der Waals surface area contributed by atoms with E-state index in [-0.39, 0.29) is 35.4 Å². The van der Waals surface area contributed by atoms with Crippen molar-refractivity contribution in [2.45, 2.75) is 11.9 Å². The van der Waals surface area contributed by atoms with E-state index in [1.807, 2.05) is 0 Å². The molecule has 0 aromatic carbocycles. The van der Waals surface area contributed by atoms with E-state index >= 15 is 0 Å². The number of aliphatic imine (C=N–C) groups is 1. The zero-order valence-electron chi connectivity index (χ0n) is 9.29. The summed E-state index contributed by atoms with van der Waals surface area (Å²) in [6.45, 7) is 0.534. The molecule has 0 fully saturated rings. The summed E-state index contributed by atoms with van der Waals surface area (Å²) in [5, 5.41) is 0. The Morgan fingerprint density at radius 1 is 1.67 bits per heavy atom. The quantitative estimate of drug-likeness (QED) is 0.276. The first kappa shape index (κ1) is 16.6. The fraction of sp³-hybridized carbons (Fsp3) is 0.833. The smallest absolute Gasteiger partial charge is 1.00 e. The number of thioether (sulfide) groups is 1. The fourth-order valence-electron chi connectivity index (χ4n) is 0.813. The Morgan fingerprint density at radius 3 is 2.80 bits per heavy atom. The first-order valence-electron chi connectivity index (χ1n) is 3.96. The minimum atomic E-state index is -3.68. The first-order chi connectivity index (χ1) is 6.56. The van der Waals surface area contributed by atoms with Gasteiger partial charge in [-0.2, -0.15) is 21.0 Å². The standard InChI is InChI=1S/C6H11NO3S4.Na.H/c8-14(9,6-7-2-4-13-6)10-5(12)1-3-11;;/h5,11-12H,1-4H2;;/q;+1;-1. The Labute approximate surface area is 129 Å². The van der Waals surface area contributed by atoms with Gasteiger partial charge in [-0.25, -0.2) is 0 Å². The summed E-state index contributed by atoms with van der Waals surface area (Å²) in [6.07, 6.45) is 0.476. The van der Waals surface area contributed by atoms with Gasteiger partial charge in [-0.05, 0) is 12.2 Å². The van der Waals surface area contributed by atoms with Gasteiger partial charge < -0.3 is 1.43 Å². The van der Waals surface area contributed by atoms with Crippen molar-refractivity contribution in [3.05, 3.63) is 0 Å². The van der Waals surface area contributed by atoms with Crippen molar-refractivity contribution in [1.82, 2.24) is 0 Å². The third-order valence-corrected chi connectivity index (χ3v) is 4.92. The average molecular weight is 297 g/mol. The molecule has 0 saturated carbocycles. The maximum absolute atomic E-state index is 11.5. The van der Waals surface area contributed by atoms with Gasteiger partial charge in [0.15, 0.2) is 0 Å². The molecule has 0 aromatic heterocycles. The summed E-state index contributed by atoms with van der Waals surface area (Å²) in [5.74, 6) is 1.23. The second-order valence-electron chi connectivity index (χ2n) is 2.51. The van der Waals surface area contributed by atoms with Crippen molar-refractivity contribution in [3.63, 3.8) is 0 Å². The Bertz CT molecular complexity index is 324. The summed E-state index contributed by atoms with van der Waals surface area (Å²) >= 11 is 9.14. The second-order valence-corrected chi connectivity index (χ2v) is 6.37. The van der Waals surface area contributed by atoms with Gasteiger partial charge in [0.05, 0.1) is 6.54 Å². The van der Waals surface area contributed by atoms with Crippen LogP contribution in [0, 0.1) is 0 Å². The molecule has 1 unspecified atom stereocenters. The van der Waals surface area contributed by atoms with E-state index < -0.39 is 15.6 Å². The van der Waals surface area contributed by atoms with Gasteiger partial charge in [-0.15, -0.1) is 12.6 Å². The normalized spacial score (nSPS) is 18.1. The van der Waals surface area contributed by atoms with Crippen LogP contribution < -0.4 is 29.6 Å². The van der Waals surface area contributed by atoms with Crippen LogP contribution in [0.2, 0.25) is 0 Å². The Kier molecular flexibility index (Phi) is 8.71. The summed E-state index contributed by atoms with van der Waals surface area (Å²) in [5.41, 5.74) is -0.638. The topological polar surface area (TPSA) is 55.7 Å². The van der Waals surface area contributed by atoms with Gasteiger partial charge in [-0.3, -0.25) is 9.18 Å². The molecule has 1 aliphatic heterocycles. The molecule has 1 aliphatic rings. The number of rotatable bonds is 4. The van der Waals surface area contributed by atoms with Crippen molar-refractivity contribution in [3.8, 4) is 0 Å². The largest absolute Gasteiger partial charge is 1.00 e. The van der Waals surface area contributed by atoms with Crippen LogP contribution in [0.25, 0.3) is 0 Å². The van der Waals surface area contributed by atoms with Crippen LogP contribution >= 0.6 is 37.0 Å². The summed E-state index contributed by atoms with van der Waals surface area (Å²) in [7, 11) is -3.68. The van der Waals surface area contributed by atoms with Crippen molar-refractivity contribution < 1.29 is 43.6 Å². The van der Waals surface area contributed by atoms with Gasteiger partial charge in [-0.1, -0.05) is 11.8 Å². The van der Waals surface area contributed by atoms with E-state index in [9.17, 15) is 8.42 Å². The van der Waals surface area contributed by atoms with Crippen LogP contribution in [0.3, 0.4) is 0 Å². The van der Waals surface area contributed by atoms with Crippen LogP contribution in [0.5, 0.6) is 0 Å². The van der Waals surface area contributed by atoms with Crippen LogP contribution in [0.15, 0.2) is 4.99 Å². The SMILES string of the molecule is O=S(=O)(OC(S)CCS)C1=NCCS1.[H-].[Na+]. The fourth-order valence-corrected chi connectivity index (χ4v) is 3.93. The monoisotopic (exact) mass is 297 g/mol. The second kappa shape index (κ2) is 7.86. The predicted molar refractivity (Wildman–Crippen MR) is 67.1 cm³/mol. The van der Waals surface area contributed by atoms with Gasteiger partial charge in [0.2, 0.25) is 4.38 Å². The molecular formula is C6H12NNaO3S4. The molecule has 4 nitrogen and oxygen atoms in total. The third-order valence-electron chi connectivity index (χ3n) is 1.39. The van der Waals surface area contributed by atoms with E-state index in [2.05, 4.69) is 30.2 Å². The maximum atomic E-state index is 11.5. The molecule has 0 radical (unpaired) electrons. The van der Waals surface area contributed by atoms with Gasteiger partial charge in [0.1, 0.15) is 5.44 Å². The van der Waals surface area contributed by atoms with Crippen molar-refractivity contribution in [1.29, 1.82) is 0 Å². The molecule has 1 atom stereocenters. The van der Waals surface area contributed by atoms with E-state index in [1.54, 1.807) is 0 Å². The zero-order chi connectivity index (χ0) is 10.6. The van der Waals surface area contributed by atoms with Crippen LogP contribution in [0.4, 0.5) is 0 Å². The number of hydrogen-bond acceptors (Lipinski definition) is 7. The minimum Gasteiger partial charge on any atom is -1.00 e. The molecule has 84 valence electrons. The van der Waals surface area contributed by atoms with E-state index in [1.165, 1.54) is 11.8 Å². The molecule has 0 aromatic rings. The van der Waals surface area contributed by atoms with Crippen LogP contribution in [0.1, 0.15) is 7.85 Å². The van der Waals surface area contributed by atoms with Crippen molar-refractivity contribution in [2.75, 3.05) is 18.1 Å². The molecule has 15 heavy (non-hydrogen) atoms. The molecule has 0 spiro atoms. The first-order valence-corrected chi connectivity index (χ1v) is 7.50. The Morgan fingerprint density at radius 2 is 2.33 bits per heavy atom. The third kappa shape index (κ3) is 5.67. The van der Waals surface area contributed by atoms with E-state index in [0.717, 1.165) is 0 Å². The summed E-state index contributed by atoms with van der Waals surface area (Å²) < 4.78 is 27.8.